The van der Waals surface area contributed by atoms with Crippen molar-refractivity contribution in [2.75, 3.05) is 6.54 Å². The zero-order valence-corrected chi connectivity index (χ0v) is 15.7. The van der Waals surface area contributed by atoms with Crippen LogP contribution in [0.4, 0.5) is 4.39 Å². The Bertz CT molecular complexity index is 691. The van der Waals surface area contributed by atoms with Crippen molar-refractivity contribution in [2.24, 2.45) is 11.8 Å². The minimum Gasteiger partial charge on any atom is -0.345 e. The van der Waals surface area contributed by atoms with Gasteiger partial charge in [0.15, 0.2) is 0 Å². The number of carbonyl (C=O) groups is 1. The van der Waals surface area contributed by atoms with Gasteiger partial charge in [0.1, 0.15) is 5.82 Å². The molecule has 0 radical (unpaired) electrons. The van der Waals surface area contributed by atoms with Crippen molar-refractivity contribution >= 4 is 5.91 Å². The molecule has 0 aliphatic heterocycles. The van der Waals surface area contributed by atoms with E-state index in [1.807, 2.05) is 29.3 Å². The molecule has 2 aromatic rings. The van der Waals surface area contributed by atoms with Crippen LogP contribution >= 0.6 is 0 Å². The van der Waals surface area contributed by atoms with Crippen LogP contribution in [0.15, 0.2) is 42.6 Å². The van der Waals surface area contributed by atoms with Crippen LogP contribution in [0.2, 0.25) is 0 Å². The second-order valence-electron chi connectivity index (χ2n) is 7.52. The first-order valence-electron chi connectivity index (χ1n) is 9.01. The fraction of sp³-hybridized carbons (Fsp3) is 0.476. The van der Waals surface area contributed by atoms with Crippen LogP contribution in [0, 0.1) is 17.7 Å². The molecule has 0 unspecified atom stereocenters. The first-order chi connectivity index (χ1) is 11.8. The first-order valence-corrected chi connectivity index (χ1v) is 9.01. The molecule has 3 nitrogen and oxygen atoms in total. The molecule has 1 heterocycles. The van der Waals surface area contributed by atoms with Crippen LogP contribution in [0.3, 0.4) is 0 Å². The highest BCUT2D eigenvalue weighted by atomic mass is 19.1. The molecule has 0 atom stereocenters. The molecular weight excluding hydrogens is 315 g/mol. The molecule has 4 heteroatoms. The van der Waals surface area contributed by atoms with E-state index in [0.29, 0.717) is 31.3 Å². The lowest BCUT2D eigenvalue weighted by Gasteiger charge is -2.26. The van der Waals surface area contributed by atoms with Crippen LogP contribution in [-0.2, 0) is 17.9 Å². The molecule has 0 spiro atoms. The predicted molar refractivity (Wildman–Crippen MR) is 99.6 cm³/mol. The lowest BCUT2D eigenvalue weighted by molar-refractivity contribution is -0.133. The van der Waals surface area contributed by atoms with Gasteiger partial charge in [0.05, 0.1) is 6.54 Å². The van der Waals surface area contributed by atoms with Gasteiger partial charge in [0.25, 0.3) is 0 Å². The maximum atomic E-state index is 13.4. The van der Waals surface area contributed by atoms with E-state index in [-0.39, 0.29) is 11.7 Å². The van der Waals surface area contributed by atoms with Crippen molar-refractivity contribution < 1.29 is 9.18 Å². The van der Waals surface area contributed by atoms with Crippen molar-refractivity contribution in [1.82, 2.24) is 9.47 Å². The maximum absolute atomic E-state index is 13.4. The van der Waals surface area contributed by atoms with E-state index in [2.05, 4.69) is 32.3 Å². The van der Waals surface area contributed by atoms with E-state index in [0.717, 1.165) is 17.8 Å². The molecular formula is C21H29FN2O. The third-order valence-electron chi connectivity index (χ3n) is 4.04. The summed E-state index contributed by atoms with van der Waals surface area (Å²) in [5, 5.41) is 0. The molecule has 1 aromatic heterocycles. The van der Waals surface area contributed by atoms with E-state index in [9.17, 15) is 9.18 Å². The minimum atomic E-state index is -0.222. The summed E-state index contributed by atoms with van der Waals surface area (Å²) in [5.74, 6) is 0.742. The number of nitrogens with zero attached hydrogens (tertiary/aromatic N) is 2. The van der Waals surface area contributed by atoms with Crippen molar-refractivity contribution in [2.45, 2.75) is 47.2 Å². The van der Waals surface area contributed by atoms with Gasteiger partial charge in [0.2, 0.25) is 5.91 Å². The number of hydrogen-bond donors (Lipinski definition) is 0. The van der Waals surface area contributed by atoms with Gasteiger partial charge in [-0.15, -0.1) is 0 Å². The molecule has 0 bridgehead atoms. The molecule has 1 amide bonds. The molecule has 0 fully saturated rings. The third kappa shape index (κ3) is 6.04. The summed E-state index contributed by atoms with van der Waals surface area (Å²) in [4.78, 5) is 14.5. The van der Waals surface area contributed by atoms with E-state index in [1.165, 1.54) is 6.07 Å². The monoisotopic (exact) mass is 344 g/mol. The Morgan fingerprint density at radius 2 is 1.88 bits per heavy atom. The molecule has 0 aliphatic carbocycles. The summed E-state index contributed by atoms with van der Waals surface area (Å²) < 4.78 is 15.5. The highest BCUT2D eigenvalue weighted by molar-refractivity contribution is 5.76. The first kappa shape index (κ1) is 19.2. The van der Waals surface area contributed by atoms with E-state index >= 15 is 0 Å². The van der Waals surface area contributed by atoms with Crippen LogP contribution in [0.25, 0.3) is 0 Å². The van der Waals surface area contributed by atoms with Crippen LogP contribution < -0.4 is 0 Å². The predicted octanol–water partition coefficient (Wildman–Crippen LogP) is 4.71. The number of benzene rings is 1. The van der Waals surface area contributed by atoms with Gasteiger partial charge in [-0.2, -0.15) is 0 Å². The number of hydrogen-bond acceptors (Lipinski definition) is 1. The van der Waals surface area contributed by atoms with Gasteiger partial charge in [-0.1, -0.05) is 39.8 Å². The van der Waals surface area contributed by atoms with Gasteiger partial charge in [-0.25, -0.2) is 4.39 Å². The summed E-state index contributed by atoms with van der Waals surface area (Å²) >= 11 is 0. The summed E-state index contributed by atoms with van der Waals surface area (Å²) in [6.45, 7) is 10.3. The van der Waals surface area contributed by atoms with Gasteiger partial charge in [-0.3, -0.25) is 4.79 Å². The van der Waals surface area contributed by atoms with Gasteiger partial charge < -0.3 is 9.47 Å². The quantitative estimate of drug-likeness (QED) is 0.681. The SMILES string of the molecule is CC(C)CC(=O)N(Cc1cccn1Cc1cccc(F)c1)CC(C)C. The fourth-order valence-corrected chi connectivity index (χ4v) is 2.95. The number of aromatic nitrogens is 1. The van der Waals surface area contributed by atoms with Crippen LogP contribution in [-0.4, -0.2) is 21.9 Å². The molecule has 25 heavy (non-hydrogen) atoms. The smallest absolute Gasteiger partial charge is 0.223 e. The second-order valence-corrected chi connectivity index (χ2v) is 7.52. The summed E-state index contributed by atoms with van der Waals surface area (Å²) in [6.07, 6.45) is 2.55. The average Bonchev–Trinajstić information content (AvgIpc) is 2.92. The average molecular weight is 344 g/mol. The Kier molecular flexibility index (Phi) is 6.80. The van der Waals surface area contributed by atoms with Gasteiger partial charge in [-0.05, 0) is 41.7 Å². The lowest BCUT2D eigenvalue weighted by atomic mass is 10.1. The Hall–Kier alpha value is -2.10. The van der Waals surface area contributed by atoms with Gasteiger partial charge >= 0.3 is 0 Å². The molecule has 0 saturated heterocycles. The summed E-state index contributed by atoms with van der Waals surface area (Å²) in [6, 6.07) is 10.7. The minimum absolute atomic E-state index is 0.196. The van der Waals surface area contributed by atoms with E-state index in [4.69, 9.17) is 0 Å². The van der Waals surface area contributed by atoms with Crippen molar-refractivity contribution in [1.29, 1.82) is 0 Å². The third-order valence-corrected chi connectivity index (χ3v) is 4.04. The topological polar surface area (TPSA) is 25.2 Å². The van der Waals surface area contributed by atoms with Gasteiger partial charge in [0, 0.05) is 31.4 Å². The molecule has 0 saturated carbocycles. The molecule has 0 N–H and O–H groups in total. The highest BCUT2D eigenvalue weighted by Gasteiger charge is 2.18. The van der Waals surface area contributed by atoms with Crippen molar-refractivity contribution in [3.63, 3.8) is 0 Å². The number of carbonyl (C=O) groups excluding carboxylic acids is 1. The van der Waals surface area contributed by atoms with Crippen molar-refractivity contribution in [3.05, 3.63) is 59.7 Å². The Labute approximate surface area is 150 Å². The normalized spacial score (nSPS) is 11.3. The number of halogens is 1. The Morgan fingerprint density at radius 3 is 2.52 bits per heavy atom. The van der Waals surface area contributed by atoms with Crippen LogP contribution in [0.5, 0.6) is 0 Å². The zero-order chi connectivity index (χ0) is 18.4. The maximum Gasteiger partial charge on any atom is 0.223 e. The summed E-state index contributed by atoms with van der Waals surface area (Å²) in [7, 11) is 0. The number of amides is 1. The zero-order valence-electron chi connectivity index (χ0n) is 15.7. The largest absolute Gasteiger partial charge is 0.345 e. The summed E-state index contributed by atoms with van der Waals surface area (Å²) in [5.41, 5.74) is 1.99. The second kappa shape index (κ2) is 8.84. The Morgan fingerprint density at radius 1 is 1.12 bits per heavy atom. The highest BCUT2D eigenvalue weighted by Crippen LogP contribution is 2.15. The van der Waals surface area contributed by atoms with E-state index in [1.54, 1.807) is 12.1 Å². The molecule has 136 valence electrons. The lowest BCUT2D eigenvalue weighted by Crippen LogP contribution is -2.35. The molecule has 0 aliphatic rings. The number of rotatable bonds is 8. The molecule has 1 aromatic carbocycles. The molecule has 2 rings (SSSR count). The Balaban J connectivity index is 2.14. The van der Waals surface area contributed by atoms with Crippen LogP contribution in [0.1, 0.15) is 45.4 Å². The standard InChI is InChI=1S/C21H29FN2O/c1-16(2)11-21(25)24(13-17(3)4)15-20-9-6-10-23(20)14-18-7-5-8-19(22)12-18/h5-10,12,16-17H,11,13-15H2,1-4H3. The fourth-order valence-electron chi connectivity index (χ4n) is 2.95. The van der Waals surface area contributed by atoms with E-state index < -0.39 is 0 Å². The van der Waals surface area contributed by atoms with Crippen molar-refractivity contribution in [3.8, 4) is 0 Å².